The SMILES string of the molecule is CS(=O)CCCNc1ccc(C(F)(F)F)cc1Br. The molecule has 2 nitrogen and oxygen atoms in total. The van der Waals surface area contributed by atoms with E-state index < -0.39 is 22.5 Å². The molecule has 1 aromatic carbocycles. The van der Waals surface area contributed by atoms with E-state index in [2.05, 4.69) is 21.2 Å². The Hall–Kier alpha value is -0.560. The molecule has 0 bridgehead atoms. The molecule has 1 atom stereocenters. The van der Waals surface area contributed by atoms with Crippen LogP contribution in [0.2, 0.25) is 0 Å². The minimum Gasteiger partial charge on any atom is -0.384 e. The average molecular weight is 344 g/mol. The van der Waals surface area contributed by atoms with E-state index in [4.69, 9.17) is 0 Å². The van der Waals surface area contributed by atoms with E-state index in [1.54, 1.807) is 6.26 Å². The highest BCUT2D eigenvalue weighted by Gasteiger charge is 2.30. The Bertz CT molecular complexity index is 437. The van der Waals surface area contributed by atoms with Gasteiger partial charge in [-0.1, -0.05) is 0 Å². The third kappa shape index (κ3) is 4.97. The maximum atomic E-state index is 12.4. The Labute approximate surface area is 115 Å². The summed E-state index contributed by atoms with van der Waals surface area (Å²) >= 11 is 3.10. The molecule has 18 heavy (non-hydrogen) atoms. The van der Waals surface area contributed by atoms with Gasteiger partial charge in [-0.05, 0) is 40.5 Å². The molecule has 0 saturated carbocycles. The lowest BCUT2D eigenvalue weighted by atomic mass is 10.2. The highest BCUT2D eigenvalue weighted by molar-refractivity contribution is 9.10. The largest absolute Gasteiger partial charge is 0.416 e. The molecule has 1 aromatic rings. The van der Waals surface area contributed by atoms with Crippen molar-refractivity contribution in [3.63, 3.8) is 0 Å². The van der Waals surface area contributed by atoms with Crippen LogP contribution < -0.4 is 5.32 Å². The minimum atomic E-state index is -4.33. The Balaban J connectivity index is 2.60. The van der Waals surface area contributed by atoms with Crippen molar-refractivity contribution in [1.82, 2.24) is 0 Å². The Morgan fingerprint density at radius 2 is 2.06 bits per heavy atom. The summed E-state index contributed by atoms with van der Waals surface area (Å²) in [6.45, 7) is 0.573. The van der Waals surface area contributed by atoms with Crippen LogP contribution in [-0.4, -0.2) is 22.8 Å². The van der Waals surface area contributed by atoms with Crippen LogP contribution in [0.5, 0.6) is 0 Å². The summed E-state index contributed by atoms with van der Waals surface area (Å²) in [7, 11) is -0.845. The van der Waals surface area contributed by atoms with Gasteiger partial charge in [0.2, 0.25) is 0 Å². The second kappa shape index (κ2) is 6.56. The topological polar surface area (TPSA) is 29.1 Å². The van der Waals surface area contributed by atoms with E-state index in [-0.39, 0.29) is 0 Å². The van der Waals surface area contributed by atoms with Gasteiger partial charge in [0, 0.05) is 39.5 Å². The van der Waals surface area contributed by atoms with Crippen molar-refractivity contribution in [3.8, 4) is 0 Å². The van der Waals surface area contributed by atoms with Gasteiger partial charge in [-0.15, -0.1) is 0 Å². The monoisotopic (exact) mass is 343 g/mol. The van der Waals surface area contributed by atoms with Crippen LogP contribution in [0, 0.1) is 0 Å². The van der Waals surface area contributed by atoms with Crippen molar-refractivity contribution < 1.29 is 17.4 Å². The lowest BCUT2D eigenvalue weighted by Crippen LogP contribution is -2.08. The first-order valence-corrected chi connectivity index (χ1v) is 7.73. The van der Waals surface area contributed by atoms with Crippen molar-refractivity contribution >= 4 is 32.4 Å². The molecule has 0 spiro atoms. The summed E-state index contributed by atoms with van der Waals surface area (Å²) in [5, 5.41) is 3.00. The van der Waals surface area contributed by atoms with Crippen LogP contribution in [0.25, 0.3) is 0 Å². The summed E-state index contributed by atoms with van der Waals surface area (Å²) < 4.78 is 48.5. The number of anilines is 1. The van der Waals surface area contributed by atoms with Crippen molar-refractivity contribution in [2.75, 3.05) is 23.9 Å². The lowest BCUT2D eigenvalue weighted by molar-refractivity contribution is -0.137. The first kappa shape index (κ1) is 15.5. The number of benzene rings is 1. The van der Waals surface area contributed by atoms with Gasteiger partial charge in [0.05, 0.1) is 5.56 Å². The number of hydrogen-bond donors (Lipinski definition) is 1. The molecule has 1 rings (SSSR count). The van der Waals surface area contributed by atoms with Crippen molar-refractivity contribution in [1.29, 1.82) is 0 Å². The number of hydrogen-bond acceptors (Lipinski definition) is 2. The predicted molar refractivity (Wildman–Crippen MR) is 71.2 cm³/mol. The molecule has 0 saturated heterocycles. The maximum absolute atomic E-state index is 12.4. The summed E-state index contributed by atoms with van der Waals surface area (Å²) in [4.78, 5) is 0. The Morgan fingerprint density at radius 3 is 2.56 bits per heavy atom. The van der Waals surface area contributed by atoms with Crippen molar-refractivity contribution in [2.45, 2.75) is 12.6 Å². The van der Waals surface area contributed by atoms with Gasteiger partial charge in [-0.25, -0.2) is 0 Å². The van der Waals surface area contributed by atoms with Crippen molar-refractivity contribution in [3.05, 3.63) is 28.2 Å². The second-order valence-corrected chi connectivity index (χ2v) is 6.16. The first-order chi connectivity index (χ1) is 8.30. The van der Waals surface area contributed by atoms with Crippen LogP contribution >= 0.6 is 15.9 Å². The third-order valence-corrected chi connectivity index (χ3v) is 3.74. The highest BCUT2D eigenvalue weighted by Crippen LogP contribution is 2.33. The van der Waals surface area contributed by atoms with E-state index in [1.165, 1.54) is 6.07 Å². The summed E-state index contributed by atoms with van der Waals surface area (Å²) in [5.74, 6) is 0.575. The number of nitrogens with one attached hydrogen (secondary N) is 1. The van der Waals surface area contributed by atoms with E-state index in [1.807, 2.05) is 0 Å². The van der Waals surface area contributed by atoms with Gasteiger partial charge in [0.25, 0.3) is 0 Å². The van der Waals surface area contributed by atoms with E-state index in [0.29, 0.717) is 28.9 Å². The normalized spacial score (nSPS) is 13.4. The average Bonchev–Trinajstić information content (AvgIpc) is 2.24. The van der Waals surface area contributed by atoms with Crippen LogP contribution in [0.4, 0.5) is 18.9 Å². The summed E-state index contributed by atoms with van der Waals surface area (Å²) in [6.07, 6.45) is -2.01. The van der Waals surface area contributed by atoms with Crippen molar-refractivity contribution in [2.24, 2.45) is 0 Å². The van der Waals surface area contributed by atoms with Gasteiger partial charge >= 0.3 is 6.18 Å². The van der Waals surface area contributed by atoms with Gasteiger partial charge in [-0.2, -0.15) is 13.2 Å². The molecular formula is C11H13BrF3NOS. The molecule has 0 aliphatic carbocycles. The predicted octanol–water partition coefficient (Wildman–Crippen LogP) is 3.65. The molecule has 0 radical (unpaired) electrons. The van der Waals surface area contributed by atoms with E-state index in [0.717, 1.165) is 12.1 Å². The fourth-order valence-corrected chi connectivity index (χ4v) is 2.40. The number of rotatable bonds is 5. The zero-order valence-electron chi connectivity index (χ0n) is 9.68. The fraction of sp³-hybridized carbons (Fsp3) is 0.455. The molecule has 1 unspecified atom stereocenters. The van der Waals surface area contributed by atoms with Crippen LogP contribution in [0.15, 0.2) is 22.7 Å². The molecule has 0 aliphatic heterocycles. The van der Waals surface area contributed by atoms with Crippen LogP contribution in [-0.2, 0) is 17.0 Å². The van der Waals surface area contributed by atoms with Crippen LogP contribution in [0.3, 0.4) is 0 Å². The molecule has 0 heterocycles. The van der Waals surface area contributed by atoms with E-state index >= 15 is 0 Å². The smallest absolute Gasteiger partial charge is 0.384 e. The Morgan fingerprint density at radius 1 is 1.39 bits per heavy atom. The molecule has 0 fully saturated rings. The molecule has 1 N–H and O–H groups in total. The molecule has 102 valence electrons. The van der Waals surface area contributed by atoms with Gasteiger partial charge in [0.15, 0.2) is 0 Å². The molecular weight excluding hydrogens is 331 g/mol. The van der Waals surface area contributed by atoms with Gasteiger partial charge < -0.3 is 5.32 Å². The zero-order chi connectivity index (χ0) is 13.8. The lowest BCUT2D eigenvalue weighted by Gasteiger charge is -2.11. The molecule has 7 heteroatoms. The number of alkyl halides is 3. The molecule has 0 aliphatic rings. The summed E-state index contributed by atoms with van der Waals surface area (Å²) in [6, 6.07) is 3.46. The zero-order valence-corrected chi connectivity index (χ0v) is 12.1. The van der Waals surface area contributed by atoms with Gasteiger partial charge in [0.1, 0.15) is 0 Å². The highest BCUT2D eigenvalue weighted by atomic mass is 79.9. The fourth-order valence-electron chi connectivity index (χ4n) is 1.33. The summed E-state index contributed by atoms with van der Waals surface area (Å²) in [5.41, 5.74) is -0.0838. The second-order valence-electron chi connectivity index (χ2n) is 3.75. The standard InChI is InChI=1S/C11H13BrF3NOS/c1-18(17)6-2-5-16-10-4-3-8(7-9(10)12)11(13,14)15/h3-4,7,16H,2,5-6H2,1H3. The van der Waals surface area contributed by atoms with E-state index in [9.17, 15) is 17.4 Å². The number of halogens is 4. The molecule has 0 aromatic heterocycles. The maximum Gasteiger partial charge on any atom is 0.416 e. The Kier molecular flexibility index (Phi) is 5.65. The minimum absolute atomic E-state index is 0.370. The quantitative estimate of drug-likeness (QED) is 0.827. The first-order valence-electron chi connectivity index (χ1n) is 5.21. The van der Waals surface area contributed by atoms with Gasteiger partial charge in [-0.3, -0.25) is 4.21 Å². The third-order valence-electron chi connectivity index (χ3n) is 2.22. The molecule has 0 amide bonds. The van der Waals surface area contributed by atoms with Crippen LogP contribution in [0.1, 0.15) is 12.0 Å².